The molecule has 0 aromatic carbocycles. The van der Waals surface area contributed by atoms with Gasteiger partial charge in [-0.15, -0.1) is 0 Å². The van der Waals surface area contributed by atoms with E-state index in [1.807, 2.05) is 0 Å². The van der Waals surface area contributed by atoms with Crippen LogP contribution < -0.4 is 5.32 Å². The minimum Gasteiger partial charge on any atom is -0.367 e. The lowest BCUT2D eigenvalue weighted by molar-refractivity contribution is 0.481. The fourth-order valence-corrected chi connectivity index (χ4v) is 2.65. The van der Waals surface area contributed by atoms with Gasteiger partial charge in [0.1, 0.15) is 11.0 Å². The van der Waals surface area contributed by atoms with E-state index in [0.717, 1.165) is 0 Å². The Morgan fingerprint density at radius 1 is 1.47 bits per heavy atom. The van der Waals surface area contributed by atoms with Crippen LogP contribution in [0.2, 0.25) is 5.15 Å². The molecule has 0 saturated heterocycles. The highest BCUT2D eigenvalue weighted by molar-refractivity contribution is 6.29. The molecule has 2 rings (SSSR count). The summed E-state index contributed by atoms with van der Waals surface area (Å²) in [4.78, 5) is 4.20. The van der Waals surface area contributed by atoms with E-state index in [0.29, 0.717) is 28.5 Å². The van der Waals surface area contributed by atoms with Gasteiger partial charge in [0.2, 0.25) is 0 Å². The Kier molecular flexibility index (Phi) is 3.86. The predicted molar refractivity (Wildman–Crippen MR) is 69.0 cm³/mol. The number of rotatable bonds is 3. The Hall–Kier alpha value is -1.27. The first-order chi connectivity index (χ1) is 8.19. The molecule has 1 aromatic rings. The molecule has 90 valence electrons. The van der Waals surface area contributed by atoms with Crippen molar-refractivity contribution < 1.29 is 0 Å². The fourth-order valence-electron chi connectivity index (χ4n) is 2.44. The predicted octanol–water partition coefficient (Wildman–Crippen LogP) is 3.60. The summed E-state index contributed by atoms with van der Waals surface area (Å²) in [5, 5.41) is 12.6. The lowest BCUT2D eigenvalue weighted by Gasteiger charge is -2.21. The summed E-state index contributed by atoms with van der Waals surface area (Å²) in [7, 11) is 0. The monoisotopic (exact) mass is 249 g/mol. The van der Waals surface area contributed by atoms with Gasteiger partial charge in [-0.2, -0.15) is 5.26 Å². The zero-order chi connectivity index (χ0) is 12.3. The van der Waals surface area contributed by atoms with Crippen LogP contribution in [-0.4, -0.2) is 11.0 Å². The van der Waals surface area contributed by atoms with Crippen molar-refractivity contribution in [2.45, 2.75) is 38.6 Å². The molecule has 0 radical (unpaired) electrons. The van der Waals surface area contributed by atoms with Gasteiger partial charge in [-0.1, -0.05) is 24.4 Å². The minimum atomic E-state index is 0.366. The fraction of sp³-hybridized carbons (Fsp3) is 0.538. The summed E-state index contributed by atoms with van der Waals surface area (Å²) >= 11 is 5.87. The summed E-state index contributed by atoms with van der Waals surface area (Å²) in [5.41, 5.74) is 0.547. The van der Waals surface area contributed by atoms with Crippen LogP contribution in [0, 0.1) is 17.2 Å². The van der Waals surface area contributed by atoms with Crippen LogP contribution in [0.15, 0.2) is 12.1 Å². The Morgan fingerprint density at radius 3 is 2.82 bits per heavy atom. The van der Waals surface area contributed by atoms with E-state index in [-0.39, 0.29) is 0 Å². The van der Waals surface area contributed by atoms with Crippen LogP contribution in [0.3, 0.4) is 0 Å². The molecule has 17 heavy (non-hydrogen) atoms. The number of hydrogen-bond donors (Lipinski definition) is 1. The van der Waals surface area contributed by atoms with Crippen molar-refractivity contribution in [2.75, 3.05) is 5.32 Å². The number of anilines is 1. The van der Waals surface area contributed by atoms with Crippen LogP contribution in [0.4, 0.5) is 5.82 Å². The molecule has 1 atom stereocenters. The minimum absolute atomic E-state index is 0.366. The number of halogens is 1. The second-order valence-corrected chi connectivity index (χ2v) is 5.04. The van der Waals surface area contributed by atoms with Crippen molar-refractivity contribution >= 4 is 17.4 Å². The smallest absolute Gasteiger partial charge is 0.132 e. The van der Waals surface area contributed by atoms with Crippen LogP contribution in [0.5, 0.6) is 0 Å². The van der Waals surface area contributed by atoms with Crippen molar-refractivity contribution in [3.8, 4) is 6.07 Å². The average Bonchev–Trinajstić information content (AvgIpc) is 2.81. The number of nitrogens with one attached hydrogen (secondary N) is 1. The van der Waals surface area contributed by atoms with Crippen LogP contribution in [-0.2, 0) is 0 Å². The molecule has 1 fully saturated rings. The van der Waals surface area contributed by atoms with E-state index in [2.05, 4.69) is 23.3 Å². The molecule has 1 heterocycles. The lowest BCUT2D eigenvalue weighted by Crippen LogP contribution is -2.24. The third-order valence-electron chi connectivity index (χ3n) is 3.41. The average molecular weight is 250 g/mol. The first-order valence-corrected chi connectivity index (χ1v) is 6.41. The van der Waals surface area contributed by atoms with Gasteiger partial charge in [0.05, 0.1) is 11.6 Å². The Bertz CT molecular complexity index is 433. The summed E-state index contributed by atoms with van der Waals surface area (Å²) in [6.45, 7) is 2.17. The zero-order valence-electron chi connectivity index (χ0n) is 9.91. The molecular formula is C13H16ClN3. The molecule has 1 N–H and O–H groups in total. The van der Waals surface area contributed by atoms with Crippen molar-refractivity contribution in [1.29, 1.82) is 5.26 Å². The van der Waals surface area contributed by atoms with Gasteiger partial charge in [0.15, 0.2) is 0 Å². The molecule has 1 unspecified atom stereocenters. The van der Waals surface area contributed by atoms with Gasteiger partial charge >= 0.3 is 0 Å². The summed E-state index contributed by atoms with van der Waals surface area (Å²) < 4.78 is 0. The lowest BCUT2D eigenvalue weighted by atomic mass is 10.00. The van der Waals surface area contributed by atoms with Gasteiger partial charge in [-0.3, -0.25) is 0 Å². The molecule has 1 aliphatic rings. The quantitative estimate of drug-likeness (QED) is 0.833. The molecule has 0 amide bonds. The van der Waals surface area contributed by atoms with E-state index >= 15 is 0 Å². The van der Waals surface area contributed by atoms with E-state index in [1.165, 1.54) is 25.7 Å². The molecule has 1 aliphatic carbocycles. The Labute approximate surface area is 107 Å². The van der Waals surface area contributed by atoms with Crippen LogP contribution >= 0.6 is 11.6 Å². The maximum atomic E-state index is 8.87. The summed E-state index contributed by atoms with van der Waals surface area (Å²) in [6.07, 6.45) is 5.20. The first kappa shape index (κ1) is 12.2. The van der Waals surface area contributed by atoms with Crippen LogP contribution in [0.25, 0.3) is 0 Å². The van der Waals surface area contributed by atoms with Crippen molar-refractivity contribution in [1.82, 2.24) is 4.98 Å². The molecule has 0 bridgehead atoms. The molecule has 1 aromatic heterocycles. The third-order valence-corrected chi connectivity index (χ3v) is 3.60. The molecule has 3 nitrogen and oxygen atoms in total. The molecule has 0 spiro atoms. The molecule has 1 saturated carbocycles. The number of aromatic nitrogens is 1. The van der Waals surface area contributed by atoms with E-state index in [1.54, 1.807) is 12.1 Å². The maximum absolute atomic E-state index is 8.87. The standard InChI is InChI=1S/C13H16ClN3/c1-9(11-4-2-3-5-11)16-13-7-10(8-15)6-12(14)17-13/h6-7,9,11H,2-5H2,1H3,(H,16,17). The normalized spacial score (nSPS) is 17.7. The maximum Gasteiger partial charge on any atom is 0.132 e. The second-order valence-electron chi connectivity index (χ2n) is 4.65. The van der Waals surface area contributed by atoms with Gasteiger partial charge in [0.25, 0.3) is 0 Å². The van der Waals surface area contributed by atoms with E-state index in [9.17, 15) is 0 Å². The molecular weight excluding hydrogens is 234 g/mol. The van der Waals surface area contributed by atoms with Crippen molar-refractivity contribution in [3.63, 3.8) is 0 Å². The summed E-state index contributed by atoms with van der Waals surface area (Å²) in [6, 6.07) is 5.79. The Morgan fingerprint density at radius 2 is 2.18 bits per heavy atom. The van der Waals surface area contributed by atoms with E-state index < -0.39 is 0 Å². The first-order valence-electron chi connectivity index (χ1n) is 6.03. The number of pyridine rings is 1. The third kappa shape index (κ3) is 3.10. The zero-order valence-corrected chi connectivity index (χ0v) is 10.7. The molecule has 0 aliphatic heterocycles. The number of nitriles is 1. The van der Waals surface area contributed by atoms with E-state index in [4.69, 9.17) is 16.9 Å². The van der Waals surface area contributed by atoms with Crippen molar-refractivity contribution in [3.05, 3.63) is 22.8 Å². The topological polar surface area (TPSA) is 48.7 Å². The van der Waals surface area contributed by atoms with Crippen molar-refractivity contribution in [2.24, 2.45) is 5.92 Å². The Balaban J connectivity index is 2.07. The van der Waals surface area contributed by atoms with Gasteiger partial charge in [-0.25, -0.2) is 4.98 Å². The summed E-state index contributed by atoms with van der Waals surface area (Å²) in [5.74, 6) is 1.41. The SMILES string of the molecule is CC(Nc1cc(C#N)cc(Cl)n1)C1CCCC1. The second kappa shape index (κ2) is 5.37. The highest BCUT2D eigenvalue weighted by atomic mass is 35.5. The van der Waals surface area contributed by atoms with Gasteiger partial charge in [0, 0.05) is 6.04 Å². The highest BCUT2D eigenvalue weighted by Gasteiger charge is 2.21. The number of nitrogens with zero attached hydrogens (tertiary/aromatic N) is 2. The number of hydrogen-bond acceptors (Lipinski definition) is 3. The molecule has 4 heteroatoms. The van der Waals surface area contributed by atoms with Crippen LogP contribution in [0.1, 0.15) is 38.2 Å². The highest BCUT2D eigenvalue weighted by Crippen LogP contribution is 2.29. The van der Waals surface area contributed by atoms with Gasteiger partial charge in [-0.05, 0) is 37.8 Å². The van der Waals surface area contributed by atoms with Gasteiger partial charge < -0.3 is 5.32 Å². The largest absolute Gasteiger partial charge is 0.367 e.